The minimum Gasteiger partial charge on any atom is -0.341 e. The lowest BCUT2D eigenvalue weighted by atomic mass is 9.92. The normalized spacial score (nSPS) is 24.7. The largest absolute Gasteiger partial charge is 0.341 e. The number of urea groups is 1. The van der Waals surface area contributed by atoms with E-state index >= 15 is 0 Å². The van der Waals surface area contributed by atoms with Crippen molar-refractivity contribution >= 4 is 17.6 Å². The summed E-state index contributed by atoms with van der Waals surface area (Å²) in [4.78, 5) is 29.6. The molecule has 1 saturated carbocycles. The zero-order valence-electron chi connectivity index (χ0n) is 16.1. The zero-order chi connectivity index (χ0) is 18.8. The second-order valence-corrected chi connectivity index (χ2v) is 7.98. The fraction of sp³-hybridized carbons (Fsp3) is 0.619. The molecular weight excluding hydrogens is 340 g/mol. The SMILES string of the molecule is CNC(=O)NC1C(=O)N(C2CCN(C3CCCCC3)CC2)c2ccccc21. The third-order valence-electron chi connectivity index (χ3n) is 6.45. The molecule has 2 aliphatic heterocycles. The lowest BCUT2D eigenvalue weighted by Gasteiger charge is -2.41. The molecule has 0 bridgehead atoms. The number of hydrogen-bond donors (Lipinski definition) is 2. The molecule has 2 N–H and O–H groups in total. The summed E-state index contributed by atoms with van der Waals surface area (Å²) in [5.74, 6) is -0.00378. The lowest BCUT2D eigenvalue weighted by Crippen LogP contribution is -2.51. The van der Waals surface area contributed by atoms with Crippen LogP contribution in [0.4, 0.5) is 10.5 Å². The van der Waals surface area contributed by atoms with E-state index in [9.17, 15) is 9.59 Å². The van der Waals surface area contributed by atoms with Gasteiger partial charge in [0, 0.05) is 43.5 Å². The highest BCUT2D eigenvalue weighted by molar-refractivity contribution is 6.06. The summed E-state index contributed by atoms with van der Waals surface area (Å²) >= 11 is 0. The van der Waals surface area contributed by atoms with Gasteiger partial charge in [-0.3, -0.25) is 4.79 Å². The first-order chi connectivity index (χ1) is 13.2. The standard InChI is InChI=1S/C21H30N4O2/c1-22-21(27)23-19-17-9-5-6-10-18(17)25(20(19)26)16-11-13-24(14-12-16)15-7-3-2-4-8-15/h5-6,9-10,15-16,19H,2-4,7-8,11-14H2,1H3,(H2,22,23,27). The van der Waals surface area contributed by atoms with E-state index in [1.807, 2.05) is 29.2 Å². The van der Waals surface area contributed by atoms with Crippen molar-refractivity contribution in [1.29, 1.82) is 0 Å². The van der Waals surface area contributed by atoms with Gasteiger partial charge >= 0.3 is 6.03 Å². The van der Waals surface area contributed by atoms with Gasteiger partial charge in [-0.15, -0.1) is 0 Å². The molecule has 0 radical (unpaired) electrons. The second kappa shape index (κ2) is 7.89. The van der Waals surface area contributed by atoms with Gasteiger partial charge in [-0.05, 0) is 31.7 Å². The zero-order valence-corrected chi connectivity index (χ0v) is 16.1. The predicted octanol–water partition coefficient (Wildman–Crippen LogP) is 2.80. The van der Waals surface area contributed by atoms with E-state index in [4.69, 9.17) is 0 Å². The maximum absolute atomic E-state index is 13.2. The van der Waals surface area contributed by atoms with Crippen molar-refractivity contribution in [2.24, 2.45) is 0 Å². The Balaban J connectivity index is 1.47. The average molecular weight is 370 g/mol. The first kappa shape index (κ1) is 18.3. The van der Waals surface area contributed by atoms with Crippen molar-refractivity contribution in [3.63, 3.8) is 0 Å². The van der Waals surface area contributed by atoms with Gasteiger partial charge < -0.3 is 20.4 Å². The topological polar surface area (TPSA) is 64.7 Å². The van der Waals surface area contributed by atoms with Crippen LogP contribution in [0.3, 0.4) is 0 Å². The Morgan fingerprint density at radius 2 is 1.70 bits per heavy atom. The molecule has 1 unspecified atom stereocenters. The van der Waals surface area contributed by atoms with Crippen molar-refractivity contribution in [3.05, 3.63) is 29.8 Å². The molecule has 146 valence electrons. The number of rotatable bonds is 3. The van der Waals surface area contributed by atoms with Crippen molar-refractivity contribution in [3.8, 4) is 0 Å². The first-order valence-electron chi connectivity index (χ1n) is 10.3. The number of hydrogen-bond acceptors (Lipinski definition) is 3. The van der Waals surface area contributed by atoms with Crippen LogP contribution in [0.2, 0.25) is 0 Å². The van der Waals surface area contributed by atoms with Crippen LogP contribution in [0.5, 0.6) is 0 Å². The highest BCUT2D eigenvalue weighted by Gasteiger charge is 2.42. The van der Waals surface area contributed by atoms with E-state index in [0.29, 0.717) is 0 Å². The molecule has 27 heavy (non-hydrogen) atoms. The highest BCUT2D eigenvalue weighted by Crippen LogP contribution is 2.39. The Bertz CT molecular complexity index is 693. The number of likely N-dealkylation sites (tertiary alicyclic amines) is 1. The Kier molecular flexibility index (Phi) is 5.34. The lowest BCUT2D eigenvalue weighted by molar-refractivity contribution is -0.120. The highest BCUT2D eigenvalue weighted by atomic mass is 16.2. The van der Waals surface area contributed by atoms with Crippen LogP contribution >= 0.6 is 0 Å². The average Bonchev–Trinajstić information content (AvgIpc) is 3.00. The number of anilines is 1. The van der Waals surface area contributed by atoms with Gasteiger partial charge in [0.25, 0.3) is 5.91 Å². The van der Waals surface area contributed by atoms with Gasteiger partial charge in [0.2, 0.25) is 0 Å². The summed E-state index contributed by atoms with van der Waals surface area (Å²) in [5.41, 5.74) is 1.86. The minimum absolute atomic E-state index is 0.00378. The number of fused-ring (bicyclic) bond motifs is 1. The third-order valence-corrected chi connectivity index (χ3v) is 6.45. The van der Waals surface area contributed by atoms with E-state index in [1.165, 1.54) is 32.1 Å². The number of carbonyl (C=O) groups is 2. The molecule has 6 nitrogen and oxygen atoms in total. The van der Waals surface area contributed by atoms with Crippen molar-refractivity contribution in [2.45, 2.75) is 63.1 Å². The predicted molar refractivity (Wildman–Crippen MR) is 106 cm³/mol. The quantitative estimate of drug-likeness (QED) is 0.860. The molecule has 2 heterocycles. The van der Waals surface area contributed by atoms with E-state index < -0.39 is 6.04 Å². The van der Waals surface area contributed by atoms with Crippen LogP contribution in [-0.4, -0.2) is 49.1 Å². The van der Waals surface area contributed by atoms with Gasteiger partial charge in [-0.1, -0.05) is 37.5 Å². The summed E-state index contributed by atoms with van der Waals surface area (Å²) in [5, 5.41) is 5.36. The Labute approximate surface area is 161 Å². The van der Waals surface area contributed by atoms with E-state index in [-0.39, 0.29) is 18.0 Å². The third kappa shape index (κ3) is 3.55. The molecule has 2 fully saturated rings. The van der Waals surface area contributed by atoms with Crippen LogP contribution in [0, 0.1) is 0 Å². The number of amides is 3. The van der Waals surface area contributed by atoms with Crippen molar-refractivity contribution in [2.75, 3.05) is 25.0 Å². The number of para-hydroxylation sites is 1. The molecule has 1 aromatic carbocycles. The van der Waals surface area contributed by atoms with Crippen LogP contribution in [0.1, 0.15) is 56.6 Å². The fourth-order valence-electron chi connectivity index (χ4n) is 5.02. The van der Waals surface area contributed by atoms with Gasteiger partial charge in [-0.2, -0.15) is 0 Å². The van der Waals surface area contributed by atoms with Gasteiger partial charge in [0.05, 0.1) is 0 Å². The summed E-state index contributed by atoms with van der Waals surface area (Å²) in [7, 11) is 1.57. The second-order valence-electron chi connectivity index (χ2n) is 7.98. The van der Waals surface area contributed by atoms with Gasteiger partial charge in [-0.25, -0.2) is 4.79 Å². The molecule has 3 amide bonds. The van der Waals surface area contributed by atoms with Crippen LogP contribution in [0.15, 0.2) is 24.3 Å². The van der Waals surface area contributed by atoms with Gasteiger partial charge in [0.15, 0.2) is 0 Å². The van der Waals surface area contributed by atoms with Crippen LogP contribution in [0.25, 0.3) is 0 Å². The number of piperidine rings is 1. The summed E-state index contributed by atoms with van der Waals surface area (Å²) < 4.78 is 0. The molecule has 1 saturated heterocycles. The summed E-state index contributed by atoms with van der Waals surface area (Å²) in [6, 6.07) is 7.91. The maximum atomic E-state index is 13.2. The van der Waals surface area contributed by atoms with Crippen molar-refractivity contribution < 1.29 is 9.59 Å². The minimum atomic E-state index is -0.586. The maximum Gasteiger partial charge on any atom is 0.315 e. The molecule has 3 aliphatic rings. The molecule has 1 aliphatic carbocycles. The Morgan fingerprint density at radius 1 is 1.00 bits per heavy atom. The number of nitrogens with zero attached hydrogens (tertiary/aromatic N) is 2. The first-order valence-corrected chi connectivity index (χ1v) is 10.3. The molecule has 0 spiro atoms. The molecule has 4 rings (SSSR count). The number of nitrogens with one attached hydrogen (secondary N) is 2. The number of benzene rings is 1. The van der Waals surface area contributed by atoms with E-state index in [1.54, 1.807) is 7.05 Å². The molecular formula is C21H30N4O2. The van der Waals surface area contributed by atoms with Crippen LogP contribution < -0.4 is 15.5 Å². The van der Waals surface area contributed by atoms with Crippen LogP contribution in [-0.2, 0) is 4.79 Å². The molecule has 0 aromatic heterocycles. The monoisotopic (exact) mass is 370 g/mol. The molecule has 1 atom stereocenters. The van der Waals surface area contributed by atoms with E-state index in [0.717, 1.165) is 43.2 Å². The molecule has 6 heteroatoms. The number of carbonyl (C=O) groups excluding carboxylic acids is 2. The summed E-state index contributed by atoms with van der Waals surface area (Å²) in [6.45, 7) is 2.13. The fourth-order valence-corrected chi connectivity index (χ4v) is 5.02. The molecule has 1 aromatic rings. The van der Waals surface area contributed by atoms with Crippen molar-refractivity contribution in [1.82, 2.24) is 15.5 Å². The van der Waals surface area contributed by atoms with Gasteiger partial charge in [0.1, 0.15) is 6.04 Å². The smallest absolute Gasteiger partial charge is 0.315 e. The van der Waals surface area contributed by atoms with E-state index in [2.05, 4.69) is 15.5 Å². The Hall–Kier alpha value is -2.08. The Morgan fingerprint density at radius 3 is 2.41 bits per heavy atom. The summed E-state index contributed by atoms with van der Waals surface area (Å²) in [6.07, 6.45) is 8.76.